The van der Waals surface area contributed by atoms with Crippen molar-refractivity contribution in [2.75, 3.05) is 19.0 Å². The summed E-state index contributed by atoms with van der Waals surface area (Å²) in [6.07, 6.45) is 7.51. The van der Waals surface area contributed by atoms with Crippen LogP contribution < -0.4 is 10.1 Å². The molecule has 1 fully saturated rings. The van der Waals surface area contributed by atoms with Gasteiger partial charge in [-0.3, -0.25) is 0 Å². The van der Waals surface area contributed by atoms with Crippen molar-refractivity contribution >= 4 is 5.82 Å². The molecule has 0 atom stereocenters. The average Bonchev–Trinajstić information content (AvgIpc) is 3.11. The zero-order valence-electron chi connectivity index (χ0n) is 9.58. The summed E-state index contributed by atoms with van der Waals surface area (Å²) in [6, 6.07) is 0. The second kappa shape index (κ2) is 4.40. The van der Waals surface area contributed by atoms with Crippen LogP contribution >= 0.6 is 0 Å². The van der Waals surface area contributed by atoms with E-state index in [1.54, 1.807) is 0 Å². The van der Waals surface area contributed by atoms with Crippen LogP contribution in [0.25, 0.3) is 0 Å². The van der Waals surface area contributed by atoms with E-state index in [0.29, 0.717) is 11.8 Å². The number of aromatic nitrogens is 2. The number of nitrogens with one attached hydrogen (secondary N) is 1. The molecule has 2 rings (SSSR count). The Balaban J connectivity index is 2.33. The van der Waals surface area contributed by atoms with Gasteiger partial charge in [-0.05, 0) is 19.8 Å². The largest absolute Gasteiger partial charge is 0.464 e. The maximum absolute atomic E-state index is 5.42. The smallest absolute Gasteiger partial charge is 0.222 e. The molecule has 1 aromatic heterocycles. The highest BCUT2D eigenvalue weighted by molar-refractivity contribution is 5.48. The van der Waals surface area contributed by atoms with Gasteiger partial charge in [-0.25, -0.2) is 4.98 Å². The predicted molar refractivity (Wildman–Crippen MR) is 62.6 cm³/mol. The van der Waals surface area contributed by atoms with Gasteiger partial charge in [0.15, 0.2) is 6.61 Å². The molecule has 4 nitrogen and oxygen atoms in total. The number of rotatable bonds is 4. The van der Waals surface area contributed by atoms with E-state index in [-0.39, 0.29) is 6.61 Å². The number of anilines is 1. The Bertz CT molecular complexity index is 433. The van der Waals surface area contributed by atoms with Gasteiger partial charge in [0.25, 0.3) is 0 Å². The fraction of sp³-hybridized carbons (Fsp3) is 0.500. The summed E-state index contributed by atoms with van der Waals surface area (Å²) in [6.45, 7) is 2.17. The second-order valence-corrected chi connectivity index (χ2v) is 3.88. The lowest BCUT2D eigenvalue weighted by molar-refractivity contribution is 0.350. The van der Waals surface area contributed by atoms with E-state index >= 15 is 0 Å². The molecule has 0 radical (unpaired) electrons. The molecule has 1 saturated carbocycles. The minimum Gasteiger partial charge on any atom is -0.464 e. The van der Waals surface area contributed by atoms with Crippen LogP contribution in [0.1, 0.15) is 30.1 Å². The Hall–Kier alpha value is -1.76. The number of hydrogen-bond acceptors (Lipinski definition) is 4. The summed E-state index contributed by atoms with van der Waals surface area (Å²) in [4.78, 5) is 8.88. The molecule has 1 aliphatic rings. The highest BCUT2D eigenvalue weighted by Gasteiger charge is 2.28. The van der Waals surface area contributed by atoms with Gasteiger partial charge in [0.05, 0.1) is 5.56 Å². The highest BCUT2D eigenvalue weighted by Crippen LogP contribution is 2.39. The molecule has 0 bridgehead atoms. The van der Waals surface area contributed by atoms with E-state index in [2.05, 4.69) is 21.2 Å². The number of hydrogen-bond donors (Lipinski definition) is 1. The molecule has 0 amide bonds. The van der Waals surface area contributed by atoms with Gasteiger partial charge in [-0.15, -0.1) is 6.42 Å². The van der Waals surface area contributed by atoms with Crippen molar-refractivity contribution < 1.29 is 4.74 Å². The number of ether oxygens (including phenoxy) is 1. The molecule has 1 aromatic rings. The van der Waals surface area contributed by atoms with Gasteiger partial charge in [-0.2, -0.15) is 4.98 Å². The number of nitrogens with zero attached hydrogens (tertiary/aromatic N) is 2. The predicted octanol–water partition coefficient (Wildman–Crippen LogP) is 1.72. The third kappa shape index (κ3) is 2.08. The first-order valence-corrected chi connectivity index (χ1v) is 5.38. The summed E-state index contributed by atoms with van der Waals surface area (Å²) < 4.78 is 5.42. The van der Waals surface area contributed by atoms with Crippen molar-refractivity contribution in [1.29, 1.82) is 0 Å². The van der Waals surface area contributed by atoms with Crippen LogP contribution in [0.4, 0.5) is 5.82 Å². The molecule has 0 aliphatic heterocycles. The third-order valence-electron chi connectivity index (χ3n) is 2.59. The van der Waals surface area contributed by atoms with Crippen LogP contribution in [0.15, 0.2) is 0 Å². The molecule has 0 spiro atoms. The topological polar surface area (TPSA) is 47.0 Å². The molecule has 84 valence electrons. The third-order valence-corrected chi connectivity index (χ3v) is 2.59. The quantitative estimate of drug-likeness (QED) is 0.780. The standard InChI is InChI=1S/C12H15N3O/c1-4-7-16-12-8(2)10(13-3)14-11(15-12)9-5-6-9/h1,9H,5-7H2,2-3H3,(H,13,14,15). The zero-order valence-corrected chi connectivity index (χ0v) is 9.58. The van der Waals surface area contributed by atoms with Crippen LogP contribution in [-0.2, 0) is 0 Å². The van der Waals surface area contributed by atoms with Crippen LogP contribution in [0.5, 0.6) is 5.88 Å². The summed E-state index contributed by atoms with van der Waals surface area (Å²) >= 11 is 0. The normalized spacial score (nSPS) is 14.3. The van der Waals surface area contributed by atoms with Crippen molar-refractivity contribution in [3.63, 3.8) is 0 Å². The van der Waals surface area contributed by atoms with Gasteiger partial charge in [0.2, 0.25) is 5.88 Å². The Morgan fingerprint density at radius 2 is 2.25 bits per heavy atom. The van der Waals surface area contributed by atoms with Gasteiger partial charge >= 0.3 is 0 Å². The Kier molecular flexibility index (Phi) is 2.95. The van der Waals surface area contributed by atoms with Crippen molar-refractivity contribution in [1.82, 2.24) is 9.97 Å². The number of terminal acetylenes is 1. The molecular weight excluding hydrogens is 202 g/mol. The van der Waals surface area contributed by atoms with Crippen molar-refractivity contribution in [2.45, 2.75) is 25.7 Å². The molecule has 4 heteroatoms. The minimum absolute atomic E-state index is 0.241. The van der Waals surface area contributed by atoms with E-state index in [1.165, 1.54) is 12.8 Å². The lowest BCUT2D eigenvalue weighted by Crippen LogP contribution is -2.06. The summed E-state index contributed by atoms with van der Waals surface area (Å²) in [5.74, 6) is 5.23. The van der Waals surface area contributed by atoms with Crippen LogP contribution in [-0.4, -0.2) is 23.6 Å². The van der Waals surface area contributed by atoms with E-state index in [1.807, 2.05) is 14.0 Å². The fourth-order valence-corrected chi connectivity index (χ4v) is 1.53. The van der Waals surface area contributed by atoms with Gasteiger partial charge < -0.3 is 10.1 Å². The van der Waals surface area contributed by atoms with Crippen molar-refractivity contribution in [3.05, 3.63) is 11.4 Å². The first-order valence-electron chi connectivity index (χ1n) is 5.38. The van der Waals surface area contributed by atoms with Gasteiger partial charge in [-0.1, -0.05) is 5.92 Å². The lowest BCUT2D eigenvalue weighted by Gasteiger charge is -2.11. The second-order valence-electron chi connectivity index (χ2n) is 3.88. The first-order chi connectivity index (χ1) is 7.76. The maximum atomic E-state index is 5.42. The minimum atomic E-state index is 0.241. The summed E-state index contributed by atoms with van der Waals surface area (Å²) in [5, 5.41) is 3.05. The molecular formula is C12H15N3O. The van der Waals surface area contributed by atoms with Crippen LogP contribution in [0, 0.1) is 19.3 Å². The Labute approximate surface area is 95.4 Å². The average molecular weight is 217 g/mol. The zero-order chi connectivity index (χ0) is 11.5. The van der Waals surface area contributed by atoms with Gasteiger partial charge in [0, 0.05) is 13.0 Å². The molecule has 16 heavy (non-hydrogen) atoms. The van der Waals surface area contributed by atoms with Crippen molar-refractivity contribution in [2.24, 2.45) is 0 Å². The molecule has 1 heterocycles. The van der Waals surface area contributed by atoms with Crippen molar-refractivity contribution in [3.8, 4) is 18.2 Å². The summed E-state index contributed by atoms with van der Waals surface area (Å²) in [5.41, 5.74) is 0.905. The summed E-state index contributed by atoms with van der Waals surface area (Å²) in [7, 11) is 1.84. The van der Waals surface area contributed by atoms with Crippen LogP contribution in [0.3, 0.4) is 0 Å². The first kappa shape index (κ1) is 10.7. The van der Waals surface area contributed by atoms with E-state index in [9.17, 15) is 0 Å². The molecule has 0 unspecified atom stereocenters. The molecule has 0 saturated heterocycles. The van der Waals surface area contributed by atoms with E-state index < -0.39 is 0 Å². The SMILES string of the molecule is C#CCOc1nc(C2CC2)nc(NC)c1C. The molecule has 0 aromatic carbocycles. The molecule has 1 N–H and O–H groups in total. The van der Waals surface area contributed by atoms with Gasteiger partial charge in [0.1, 0.15) is 11.6 Å². The van der Waals surface area contributed by atoms with E-state index in [0.717, 1.165) is 17.2 Å². The lowest BCUT2D eigenvalue weighted by atomic mass is 10.3. The van der Waals surface area contributed by atoms with Crippen LogP contribution in [0.2, 0.25) is 0 Å². The Morgan fingerprint density at radius 3 is 2.81 bits per heavy atom. The Morgan fingerprint density at radius 1 is 1.50 bits per heavy atom. The fourth-order valence-electron chi connectivity index (χ4n) is 1.53. The highest BCUT2D eigenvalue weighted by atomic mass is 16.5. The maximum Gasteiger partial charge on any atom is 0.222 e. The molecule has 1 aliphatic carbocycles. The van der Waals surface area contributed by atoms with E-state index in [4.69, 9.17) is 11.2 Å². The monoisotopic (exact) mass is 217 g/mol.